The van der Waals surface area contributed by atoms with Crippen LogP contribution in [0.3, 0.4) is 0 Å². The highest BCUT2D eigenvalue weighted by molar-refractivity contribution is 5.91. The lowest BCUT2D eigenvalue weighted by molar-refractivity contribution is -0.269. The van der Waals surface area contributed by atoms with Gasteiger partial charge in [-0.15, -0.1) is 0 Å². The van der Waals surface area contributed by atoms with E-state index in [-0.39, 0.29) is 40.9 Å². The molecule has 3 atom stereocenters. The maximum atomic E-state index is 13.5. The van der Waals surface area contributed by atoms with Crippen molar-refractivity contribution in [1.29, 1.82) is 5.26 Å². The van der Waals surface area contributed by atoms with Crippen LogP contribution in [0.5, 0.6) is 0 Å². The van der Waals surface area contributed by atoms with Gasteiger partial charge in [0.05, 0.1) is 30.2 Å². The van der Waals surface area contributed by atoms with Gasteiger partial charge in [0.25, 0.3) is 5.56 Å². The minimum atomic E-state index is -4.60. The number of methoxy groups -OCH3 is 1. The number of pyridine rings is 1. The molecule has 0 amide bonds. The van der Waals surface area contributed by atoms with Crippen LogP contribution in [0.4, 0.5) is 24.7 Å². The van der Waals surface area contributed by atoms with Gasteiger partial charge in [0.15, 0.2) is 11.4 Å². The molecule has 1 fully saturated rings. The first-order valence-corrected chi connectivity index (χ1v) is 10.3. The van der Waals surface area contributed by atoms with E-state index in [2.05, 4.69) is 21.5 Å². The molecule has 2 unspecified atom stereocenters. The van der Waals surface area contributed by atoms with Gasteiger partial charge in [0, 0.05) is 25.6 Å². The van der Waals surface area contributed by atoms with E-state index >= 15 is 0 Å². The number of nitrogens with one attached hydrogen (secondary N) is 2. The number of hydrogen-bond donors (Lipinski definition) is 2. The molecule has 33 heavy (non-hydrogen) atoms. The van der Waals surface area contributed by atoms with Gasteiger partial charge in [-0.2, -0.15) is 23.5 Å². The number of rotatable bonds is 5. The number of ether oxygens (including phenoxy) is 2. The normalized spacial score (nSPS) is 20.8. The maximum Gasteiger partial charge on any atom is 0.421 e. The zero-order valence-corrected chi connectivity index (χ0v) is 17.9. The Bertz CT molecular complexity index is 1250. The third-order valence-electron chi connectivity index (χ3n) is 6.08. The first kappa shape index (κ1) is 22.8. The summed E-state index contributed by atoms with van der Waals surface area (Å²) < 4.78 is 52.3. The minimum absolute atomic E-state index is 0.0625. The molecule has 0 radical (unpaired) electrons. The standard InChI is InChI=1S/C22H22F3N5O3/c1-21(32-2,22(23,24)25)14-3-5-15(6-4-14)28-19-18-16(7-9-27-20(18)31)30(29-19)17-12-33-10-8-13(17)11-26/h3-7,9,13,17H,8,10,12H2,1-2H3,(H,27,31)(H,28,29)/t13-,17?,21?/m1/s1. The molecule has 0 saturated carbocycles. The first-order chi connectivity index (χ1) is 15.7. The van der Waals surface area contributed by atoms with Crippen LogP contribution in [0.25, 0.3) is 10.9 Å². The Hall–Kier alpha value is -3.36. The van der Waals surface area contributed by atoms with Crippen molar-refractivity contribution in [3.05, 3.63) is 52.4 Å². The second-order valence-corrected chi connectivity index (χ2v) is 7.96. The van der Waals surface area contributed by atoms with Crippen molar-refractivity contribution >= 4 is 22.4 Å². The summed E-state index contributed by atoms with van der Waals surface area (Å²) in [6, 6.07) is 9.13. The lowest BCUT2D eigenvalue weighted by Crippen LogP contribution is -2.41. The van der Waals surface area contributed by atoms with Gasteiger partial charge in [-0.05, 0) is 37.1 Å². The molecular formula is C22H22F3N5O3. The lowest BCUT2D eigenvalue weighted by Gasteiger charge is -2.31. The first-order valence-electron chi connectivity index (χ1n) is 10.3. The molecule has 3 aromatic rings. The molecule has 8 nitrogen and oxygen atoms in total. The molecule has 0 spiro atoms. The third-order valence-corrected chi connectivity index (χ3v) is 6.08. The molecule has 174 valence electrons. The molecule has 1 aliphatic heterocycles. The van der Waals surface area contributed by atoms with Gasteiger partial charge in [0.2, 0.25) is 0 Å². The maximum absolute atomic E-state index is 13.5. The van der Waals surface area contributed by atoms with Crippen LogP contribution in [0, 0.1) is 17.2 Å². The smallest absolute Gasteiger partial charge is 0.379 e. The average molecular weight is 461 g/mol. The van der Waals surface area contributed by atoms with E-state index in [1.165, 1.54) is 30.5 Å². The average Bonchev–Trinajstić information content (AvgIpc) is 3.17. The summed E-state index contributed by atoms with van der Waals surface area (Å²) in [5.74, 6) is -0.102. The molecule has 2 aromatic heterocycles. The van der Waals surface area contributed by atoms with E-state index in [4.69, 9.17) is 9.47 Å². The number of halogens is 3. The van der Waals surface area contributed by atoms with Crippen LogP contribution in [0.15, 0.2) is 41.3 Å². The van der Waals surface area contributed by atoms with Crippen molar-refractivity contribution in [2.24, 2.45) is 5.92 Å². The fourth-order valence-corrected chi connectivity index (χ4v) is 3.96. The Morgan fingerprint density at radius 3 is 2.67 bits per heavy atom. The van der Waals surface area contributed by atoms with Crippen LogP contribution >= 0.6 is 0 Å². The summed E-state index contributed by atoms with van der Waals surface area (Å²) >= 11 is 0. The summed E-state index contributed by atoms with van der Waals surface area (Å²) in [5, 5.41) is 17.4. The van der Waals surface area contributed by atoms with Crippen molar-refractivity contribution < 1.29 is 22.6 Å². The van der Waals surface area contributed by atoms with Crippen molar-refractivity contribution in [2.45, 2.75) is 31.2 Å². The van der Waals surface area contributed by atoms with Crippen molar-refractivity contribution in [3.8, 4) is 6.07 Å². The second kappa shape index (κ2) is 8.53. The Balaban J connectivity index is 1.72. The Morgan fingerprint density at radius 2 is 2.03 bits per heavy atom. The molecule has 1 aromatic carbocycles. The summed E-state index contributed by atoms with van der Waals surface area (Å²) in [6.07, 6.45) is -2.55. The van der Waals surface area contributed by atoms with Crippen molar-refractivity contribution in [1.82, 2.24) is 14.8 Å². The van der Waals surface area contributed by atoms with Crippen LogP contribution in [-0.4, -0.2) is 41.3 Å². The second-order valence-electron chi connectivity index (χ2n) is 7.96. The predicted octanol–water partition coefficient (Wildman–Crippen LogP) is 3.99. The molecule has 11 heteroatoms. The highest BCUT2D eigenvalue weighted by Gasteiger charge is 2.53. The van der Waals surface area contributed by atoms with E-state index in [0.717, 1.165) is 14.0 Å². The molecule has 1 aliphatic rings. The molecule has 3 heterocycles. The predicted molar refractivity (Wildman–Crippen MR) is 114 cm³/mol. The summed E-state index contributed by atoms with van der Waals surface area (Å²) in [4.78, 5) is 15.2. The number of nitriles is 1. The summed E-state index contributed by atoms with van der Waals surface area (Å²) in [5.41, 5.74) is -1.94. The van der Waals surface area contributed by atoms with Gasteiger partial charge in [-0.1, -0.05) is 12.1 Å². The number of aromatic nitrogens is 3. The summed E-state index contributed by atoms with van der Waals surface area (Å²) in [6.45, 7) is 1.72. The zero-order valence-electron chi connectivity index (χ0n) is 17.9. The van der Waals surface area contributed by atoms with Gasteiger partial charge in [0.1, 0.15) is 5.39 Å². The monoisotopic (exact) mass is 461 g/mol. The highest BCUT2D eigenvalue weighted by Crippen LogP contribution is 2.41. The number of benzene rings is 1. The Labute approximate surface area is 186 Å². The van der Waals surface area contributed by atoms with Gasteiger partial charge < -0.3 is 19.8 Å². The van der Waals surface area contributed by atoms with Gasteiger partial charge in [-0.3, -0.25) is 9.48 Å². The van der Waals surface area contributed by atoms with Gasteiger partial charge in [-0.25, -0.2) is 0 Å². The topological polar surface area (TPSA) is 105 Å². The van der Waals surface area contributed by atoms with E-state index in [9.17, 15) is 23.2 Å². The zero-order chi connectivity index (χ0) is 23.8. The number of aromatic amines is 1. The number of nitrogens with zero attached hydrogens (tertiary/aromatic N) is 3. The number of H-pyrrole nitrogens is 1. The molecular weight excluding hydrogens is 439 g/mol. The van der Waals surface area contributed by atoms with Crippen molar-refractivity contribution in [2.75, 3.05) is 25.6 Å². The molecule has 0 aliphatic carbocycles. The van der Waals surface area contributed by atoms with E-state index in [1.807, 2.05) is 0 Å². The molecule has 0 bridgehead atoms. The minimum Gasteiger partial charge on any atom is -0.379 e. The lowest BCUT2D eigenvalue weighted by atomic mass is 9.95. The fourth-order valence-electron chi connectivity index (χ4n) is 3.96. The molecule has 1 saturated heterocycles. The van der Waals surface area contributed by atoms with Gasteiger partial charge >= 0.3 is 6.18 Å². The number of anilines is 2. The fraction of sp³-hybridized carbons (Fsp3) is 0.409. The summed E-state index contributed by atoms with van der Waals surface area (Å²) in [7, 11) is 1.01. The quantitative estimate of drug-likeness (QED) is 0.595. The van der Waals surface area contributed by atoms with Crippen LogP contribution in [-0.2, 0) is 15.1 Å². The third kappa shape index (κ3) is 3.96. The SMILES string of the molecule is COC(C)(c1ccc(Nc2nn(C3COCC[C@@H]3C#N)c3cc[nH]c(=O)c23)cc1)C(F)(F)F. The largest absolute Gasteiger partial charge is 0.421 e. The number of hydrogen-bond acceptors (Lipinski definition) is 6. The van der Waals surface area contributed by atoms with Crippen LogP contribution in [0.2, 0.25) is 0 Å². The van der Waals surface area contributed by atoms with E-state index < -0.39 is 11.8 Å². The van der Waals surface area contributed by atoms with Crippen LogP contribution < -0.4 is 10.9 Å². The number of alkyl halides is 3. The van der Waals surface area contributed by atoms with E-state index in [0.29, 0.717) is 24.2 Å². The van der Waals surface area contributed by atoms with E-state index in [1.54, 1.807) is 10.7 Å². The molecule has 2 N–H and O–H groups in total. The van der Waals surface area contributed by atoms with Crippen molar-refractivity contribution in [3.63, 3.8) is 0 Å². The highest BCUT2D eigenvalue weighted by atomic mass is 19.4. The Morgan fingerprint density at radius 1 is 1.30 bits per heavy atom. The number of fused-ring (bicyclic) bond motifs is 1. The van der Waals surface area contributed by atoms with Crippen LogP contribution in [0.1, 0.15) is 24.9 Å². The molecule has 4 rings (SSSR count). The Kier molecular flexibility index (Phi) is 5.90.